The van der Waals surface area contributed by atoms with E-state index in [4.69, 9.17) is 9.47 Å². The van der Waals surface area contributed by atoms with Gasteiger partial charge in [-0.05, 0) is 36.4 Å². The molecule has 0 aliphatic heterocycles. The lowest BCUT2D eigenvalue weighted by molar-refractivity contribution is 0.355. The van der Waals surface area contributed by atoms with Gasteiger partial charge in [-0.25, -0.2) is 18.2 Å². The Morgan fingerprint density at radius 1 is 0.943 bits per heavy atom. The molecular weight excluding hydrogens is 479 g/mol. The number of aromatic hydroxyl groups is 1. The predicted octanol–water partition coefficient (Wildman–Crippen LogP) is 6.07. The second kappa shape index (κ2) is 10.2. The number of thioether (sulfide) groups is 1. The average Bonchev–Trinajstić information content (AvgIpc) is 3.26. The number of halogens is 3. The quantitative estimate of drug-likeness (QED) is 0.296. The van der Waals surface area contributed by atoms with Crippen LogP contribution in [0.1, 0.15) is 5.56 Å². The molecule has 182 valence electrons. The molecule has 0 bridgehead atoms. The molecule has 1 N–H and O–H groups in total. The van der Waals surface area contributed by atoms with Crippen molar-refractivity contribution in [2.24, 2.45) is 0 Å². The molecule has 0 saturated carbocycles. The van der Waals surface area contributed by atoms with Gasteiger partial charge >= 0.3 is 0 Å². The van der Waals surface area contributed by atoms with Gasteiger partial charge in [0.1, 0.15) is 29.0 Å². The van der Waals surface area contributed by atoms with Crippen LogP contribution >= 0.6 is 11.8 Å². The van der Waals surface area contributed by atoms with E-state index in [0.717, 1.165) is 29.6 Å². The highest BCUT2D eigenvalue weighted by atomic mass is 32.2. The van der Waals surface area contributed by atoms with E-state index in [1.165, 1.54) is 12.1 Å². The molecule has 6 nitrogen and oxygen atoms in total. The SMILES string of the molecule is COc1ccc(N(C)c2cnc(SCc3c(F)cc(O)cc3F)n2-c2ccc(F)cc2)cc1OC. The lowest BCUT2D eigenvalue weighted by atomic mass is 10.2. The molecule has 35 heavy (non-hydrogen) atoms. The monoisotopic (exact) mass is 501 g/mol. The van der Waals surface area contributed by atoms with Crippen molar-refractivity contribution in [2.75, 3.05) is 26.2 Å². The van der Waals surface area contributed by atoms with E-state index in [9.17, 15) is 18.3 Å². The Bertz CT molecular complexity index is 1320. The number of phenols is 1. The third-order valence-corrected chi connectivity index (χ3v) is 6.34. The second-order valence-electron chi connectivity index (χ2n) is 7.49. The number of ether oxygens (including phenoxy) is 2. The van der Waals surface area contributed by atoms with Gasteiger partial charge < -0.3 is 19.5 Å². The third kappa shape index (κ3) is 5.02. The zero-order valence-corrected chi connectivity index (χ0v) is 19.9. The van der Waals surface area contributed by atoms with Crippen molar-refractivity contribution in [1.82, 2.24) is 9.55 Å². The zero-order valence-electron chi connectivity index (χ0n) is 19.1. The molecule has 1 heterocycles. The molecule has 0 atom stereocenters. The Morgan fingerprint density at radius 3 is 2.23 bits per heavy atom. The molecule has 0 amide bonds. The normalized spacial score (nSPS) is 10.9. The summed E-state index contributed by atoms with van der Waals surface area (Å²) in [5.74, 6) is -0.918. The third-order valence-electron chi connectivity index (χ3n) is 5.37. The van der Waals surface area contributed by atoms with Gasteiger partial charge in [-0.2, -0.15) is 0 Å². The lowest BCUT2D eigenvalue weighted by Gasteiger charge is -2.23. The summed E-state index contributed by atoms with van der Waals surface area (Å²) >= 11 is 1.11. The maximum Gasteiger partial charge on any atom is 0.174 e. The van der Waals surface area contributed by atoms with Crippen molar-refractivity contribution < 1.29 is 27.8 Å². The molecule has 0 saturated heterocycles. The summed E-state index contributed by atoms with van der Waals surface area (Å²) < 4.78 is 54.6. The van der Waals surface area contributed by atoms with E-state index >= 15 is 0 Å². The van der Waals surface area contributed by atoms with Crippen molar-refractivity contribution in [3.63, 3.8) is 0 Å². The molecule has 4 rings (SSSR count). The molecule has 0 spiro atoms. The first kappa shape index (κ1) is 24.3. The summed E-state index contributed by atoms with van der Waals surface area (Å²) in [5, 5.41) is 9.84. The van der Waals surface area contributed by atoms with Gasteiger partial charge in [-0.3, -0.25) is 4.57 Å². The Morgan fingerprint density at radius 2 is 1.60 bits per heavy atom. The van der Waals surface area contributed by atoms with Gasteiger partial charge in [0, 0.05) is 47.9 Å². The fourth-order valence-corrected chi connectivity index (χ4v) is 4.53. The molecule has 0 aliphatic rings. The number of anilines is 2. The number of methoxy groups -OCH3 is 2. The van der Waals surface area contributed by atoms with Crippen LogP contribution in [-0.4, -0.2) is 35.9 Å². The molecule has 3 aromatic carbocycles. The van der Waals surface area contributed by atoms with Crippen LogP contribution in [-0.2, 0) is 5.75 Å². The molecule has 0 fully saturated rings. The first-order chi connectivity index (χ1) is 16.8. The van der Waals surface area contributed by atoms with Crippen LogP contribution in [0.4, 0.5) is 24.7 Å². The number of benzene rings is 3. The van der Waals surface area contributed by atoms with Crippen LogP contribution in [0.3, 0.4) is 0 Å². The van der Waals surface area contributed by atoms with Crippen molar-refractivity contribution in [3.8, 4) is 22.9 Å². The number of hydrogen-bond acceptors (Lipinski definition) is 6. The first-order valence-corrected chi connectivity index (χ1v) is 11.4. The minimum Gasteiger partial charge on any atom is -0.508 e. The number of nitrogens with zero attached hydrogens (tertiary/aromatic N) is 3. The number of phenolic OH excluding ortho intramolecular Hbond substituents is 1. The standard InChI is InChI=1S/C25H22F3N3O3S/c1-30(17-8-9-22(33-2)23(10-17)34-3)24-13-29-25(31(24)16-6-4-15(26)5-7-16)35-14-19-20(27)11-18(32)12-21(19)28/h4-13,32H,14H2,1-3H3. The van der Waals surface area contributed by atoms with Gasteiger partial charge in [-0.15, -0.1) is 0 Å². The Hall–Kier alpha value is -3.79. The molecule has 1 aromatic heterocycles. The van der Waals surface area contributed by atoms with E-state index in [2.05, 4.69) is 4.98 Å². The van der Waals surface area contributed by atoms with E-state index in [1.807, 2.05) is 18.0 Å². The van der Waals surface area contributed by atoms with E-state index in [0.29, 0.717) is 28.2 Å². The Balaban J connectivity index is 1.74. The minimum absolute atomic E-state index is 0.0737. The highest BCUT2D eigenvalue weighted by Gasteiger charge is 2.20. The second-order valence-corrected chi connectivity index (χ2v) is 8.43. The summed E-state index contributed by atoms with van der Waals surface area (Å²) in [7, 11) is 4.92. The van der Waals surface area contributed by atoms with Crippen LogP contribution in [0.2, 0.25) is 0 Å². The number of rotatable bonds is 8. The Labute approximate surface area is 204 Å². The minimum atomic E-state index is -0.849. The number of hydrogen-bond donors (Lipinski definition) is 1. The number of imidazole rings is 1. The summed E-state index contributed by atoms with van der Waals surface area (Å²) in [6, 6.07) is 13.0. The molecule has 0 unspecified atom stereocenters. The van der Waals surface area contributed by atoms with Gasteiger partial charge in [-0.1, -0.05) is 11.8 Å². The van der Waals surface area contributed by atoms with E-state index < -0.39 is 23.2 Å². The van der Waals surface area contributed by atoms with Crippen LogP contribution in [0.25, 0.3) is 5.69 Å². The predicted molar refractivity (Wildman–Crippen MR) is 129 cm³/mol. The molecule has 0 radical (unpaired) electrons. The zero-order chi connectivity index (χ0) is 25.1. The van der Waals surface area contributed by atoms with Crippen LogP contribution in [0.5, 0.6) is 17.2 Å². The van der Waals surface area contributed by atoms with Crippen LogP contribution in [0, 0.1) is 17.5 Å². The molecule has 4 aromatic rings. The Kier molecular flexibility index (Phi) is 7.11. The largest absolute Gasteiger partial charge is 0.508 e. The molecule has 0 aliphatic carbocycles. The van der Waals surface area contributed by atoms with Crippen molar-refractivity contribution in [1.29, 1.82) is 0 Å². The van der Waals surface area contributed by atoms with E-state index in [1.54, 1.807) is 49.2 Å². The summed E-state index contributed by atoms with van der Waals surface area (Å²) in [4.78, 5) is 6.32. The van der Waals surface area contributed by atoms with Crippen LogP contribution < -0.4 is 14.4 Å². The molecular formula is C25H22F3N3O3S. The average molecular weight is 502 g/mol. The maximum absolute atomic E-state index is 14.3. The highest BCUT2D eigenvalue weighted by molar-refractivity contribution is 7.98. The van der Waals surface area contributed by atoms with Crippen molar-refractivity contribution in [3.05, 3.63) is 83.8 Å². The summed E-state index contributed by atoms with van der Waals surface area (Å²) in [6.45, 7) is 0. The van der Waals surface area contributed by atoms with Gasteiger partial charge in [0.05, 0.1) is 20.4 Å². The number of aromatic nitrogens is 2. The van der Waals surface area contributed by atoms with Gasteiger partial charge in [0.25, 0.3) is 0 Å². The maximum atomic E-state index is 14.3. The van der Waals surface area contributed by atoms with Crippen LogP contribution in [0.15, 0.2) is 66.0 Å². The van der Waals surface area contributed by atoms with Gasteiger partial charge in [0.15, 0.2) is 16.7 Å². The molecule has 10 heteroatoms. The lowest BCUT2D eigenvalue weighted by Crippen LogP contribution is -2.14. The first-order valence-electron chi connectivity index (χ1n) is 10.4. The van der Waals surface area contributed by atoms with E-state index in [-0.39, 0.29) is 11.3 Å². The topological polar surface area (TPSA) is 59.8 Å². The smallest absolute Gasteiger partial charge is 0.174 e. The van der Waals surface area contributed by atoms with Crippen molar-refractivity contribution in [2.45, 2.75) is 10.9 Å². The highest BCUT2D eigenvalue weighted by Crippen LogP contribution is 2.37. The summed E-state index contributed by atoms with van der Waals surface area (Å²) in [6.07, 6.45) is 1.62. The summed E-state index contributed by atoms with van der Waals surface area (Å²) in [5.41, 5.74) is 1.19. The fraction of sp³-hybridized carbons (Fsp3) is 0.160. The van der Waals surface area contributed by atoms with Crippen molar-refractivity contribution >= 4 is 23.3 Å². The van der Waals surface area contributed by atoms with Gasteiger partial charge in [0.2, 0.25) is 0 Å². The fourth-order valence-electron chi connectivity index (χ4n) is 3.53.